The van der Waals surface area contributed by atoms with Gasteiger partial charge in [-0.15, -0.1) is 0 Å². The Morgan fingerprint density at radius 2 is 1.38 bits per heavy atom. The molecule has 0 amide bonds. The van der Waals surface area contributed by atoms with Gasteiger partial charge in [0.2, 0.25) is 0 Å². The van der Waals surface area contributed by atoms with E-state index >= 15 is 0 Å². The van der Waals surface area contributed by atoms with Crippen LogP contribution in [0.3, 0.4) is 0 Å². The number of fused-ring (bicyclic) bond motifs is 2. The summed E-state index contributed by atoms with van der Waals surface area (Å²) in [5.74, 6) is 1.99. The zero-order valence-corrected chi connectivity index (χ0v) is 15.2. The lowest BCUT2D eigenvalue weighted by atomic mass is 9.87. The first-order chi connectivity index (χ1) is 11.5. The van der Waals surface area contributed by atoms with E-state index in [0.717, 1.165) is 11.5 Å². The van der Waals surface area contributed by atoms with E-state index in [1.165, 1.54) is 21.5 Å². The van der Waals surface area contributed by atoms with Crippen LogP contribution >= 0.6 is 7.92 Å². The second-order valence-electron chi connectivity index (χ2n) is 7.17. The van der Waals surface area contributed by atoms with E-state index in [1.54, 1.807) is 0 Å². The molecule has 1 atom stereocenters. The summed E-state index contributed by atoms with van der Waals surface area (Å²) in [5, 5.41) is 4.00. The van der Waals surface area contributed by atoms with Crippen LogP contribution in [0.4, 0.5) is 0 Å². The van der Waals surface area contributed by atoms with Gasteiger partial charge in [-0.25, -0.2) is 0 Å². The molecule has 0 radical (unpaired) electrons. The Labute approximate surface area is 145 Å². The van der Waals surface area contributed by atoms with Crippen molar-refractivity contribution in [3.63, 3.8) is 0 Å². The minimum absolute atomic E-state index is 0.129. The third-order valence-electron chi connectivity index (χ3n) is 4.41. The largest absolute Gasteiger partial charge is 0.456 e. The SMILES string of the molecule is CC(C)(C)c1ccc2c(c1)P(c1ccccc1)c1ccccc1O2. The van der Waals surface area contributed by atoms with Crippen molar-refractivity contribution < 1.29 is 4.74 Å². The van der Waals surface area contributed by atoms with Gasteiger partial charge >= 0.3 is 0 Å². The van der Waals surface area contributed by atoms with Crippen LogP contribution in [0.1, 0.15) is 26.3 Å². The monoisotopic (exact) mass is 332 g/mol. The molecule has 0 aliphatic carbocycles. The van der Waals surface area contributed by atoms with Crippen molar-refractivity contribution in [2.24, 2.45) is 0 Å². The van der Waals surface area contributed by atoms with Gasteiger partial charge in [0.15, 0.2) is 0 Å². The molecule has 120 valence electrons. The molecule has 24 heavy (non-hydrogen) atoms. The van der Waals surface area contributed by atoms with Crippen LogP contribution in [0.25, 0.3) is 0 Å². The number of rotatable bonds is 1. The summed E-state index contributed by atoms with van der Waals surface area (Å²) < 4.78 is 6.21. The van der Waals surface area contributed by atoms with E-state index in [1.807, 2.05) is 6.07 Å². The highest BCUT2D eigenvalue weighted by molar-refractivity contribution is 7.80. The first-order valence-electron chi connectivity index (χ1n) is 8.31. The van der Waals surface area contributed by atoms with Crippen molar-refractivity contribution in [3.8, 4) is 11.5 Å². The van der Waals surface area contributed by atoms with Gasteiger partial charge in [-0.05, 0) is 42.4 Å². The molecule has 0 N–H and O–H groups in total. The van der Waals surface area contributed by atoms with Crippen molar-refractivity contribution in [2.75, 3.05) is 0 Å². The average molecular weight is 332 g/mol. The van der Waals surface area contributed by atoms with Crippen molar-refractivity contribution in [1.29, 1.82) is 0 Å². The highest BCUT2D eigenvalue weighted by atomic mass is 31.1. The van der Waals surface area contributed by atoms with Gasteiger partial charge in [0.1, 0.15) is 11.5 Å². The quantitative estimate of drug-likeness (QED) is 0.453. The summed E-state index contributed by atoms with van der Waals surface area (Å²) in [5.41, 5.74) is 1.48. The van der Waals surface area contributed by atoms with Crippen LogP contribution in [-0.4, -0.2) is 0 Å². The predicted molar refractivity (Wildman–Crippen MR) is 104 cm³/mol. The molecule has 0 fully saturated rings. The normalized spacial score (nSPS) is 16.0. The highest BCUT2D eigenvalue weighted by Gasteiger charge is 2.29. The fourth-order valence-corrected chi connectivity index (χ4v) is 5.55. The number of para-hydroxylation sites is 1. The van der Waals surface area contributed by atoms with Crippen molar-refractivity contribution in [3.05, 3.63) is 78.4 Å². The van der Waals surface area contributed by atoms with Gasteiger partial charge in [-0.3, -0.25) is 0 Å². The minimum Gasteiger partial charge on any atom is -0.456 e. The highest BCUT2D eigenvalue weighted by Crippen LogP contribution is 2.45. The molecule has 0 saturated carbocycles. The van der Waals surface area contributed by atoms with E-state index in [0.29, 0.717) is 0 Å². The van der Waals surface area contributed by atoms with E-state index in [4.69, 9.17) is 4.74 Å². The molecule has 4 rings (SSSR count). The lowest BCUT2D eigenvalue weighted by Crippen LogP contribution is -2.28. The Bertz CT molecular complexity index is 878. The molecule has 0 saturated heterocycles. The summed E-state index contributed by atoms with van der Waals surface area (Å²) in [6.45, 7) is 6.78. The first kappa shape index (κ1) is 15.4. The Morgan fingerprint density at radius 3 is 2.12 bits per heavy atom. The molecular formula is C22H21OP. The molecule has 1 unspecified atom stereocenters. The summed E-state index contributed by atoms with van der Waals surface area (Å²) in [6.07, 6.45) is 0. The minimum atomic E-state index is -0.587. The van der Waals surface area contributed by atoms with E-state index in [2.05, 4.69) is 87.5 Å². The van der Waals surface area contributed by atoms with Crippen LogP contribution in [0.15, 0.2) is 72.8 Å². The van der Waals surface area contributed by atoms with Crippen molar-refractivity contribution in [1.82, 2.24) is 0 Å². The molecule has 0 spiro atoms. The lowest BCUT2D eigenvalue weighted by molar-refractivity contribution is 0.487. The second kappa shape index (κ2) is 5.76. The third kappa shape index (κ3) is 2.64. The van der Waals surface area contributed by atoms with Crippen molar-refractivity contribution in [2.45, 2.75) is 26.2 Å². The third-order valence-corrected chi connectivity index (χ3v) is 6.90. The van der Waals surface area contributed by atoms with Crippen LogP contribution in [0, 0.1) is 0 Å². The number of benzene rings is 3. The molecule has 1 heterocycles. The Balaban J connectivity index is 1.95. The fourth-order valence-electron chi connectivity index (χ4n) is 3.08. The maximum Gasteiger partial charge on any atom is 0.135 e. The summed E-state index contributed by atoms with van der Waals surface area (Å²) >= 11 is 0. The molecule has 1 aliphatic heterocycles. The zero-order chi connectivity index (χ0) is 16.7. The van der Waals surface area contributed by atoms with Gasteiger partial charge in [0.25, 0.3) is 0 Å². The van der Waals surface area contributed by atoms with Crippen LogP contribution < -0.4 is 20.7 Å². The standard InChI is InChI=1S/C22H21OP/c1-22(2,3)16-13-14-19-21(15-16)24(17-9-5-4-6-10-17)20-12-8-7-11-18(20)23-19/h4-15H,1-3H3. The lowest BCUT2D eigenvalue weighted by Gasteiger charge is -2.30. The fraction of sp³-hybridized carbons (Fsp3) is 0.182. The van der Waals surface area contributed by atoms with Crippen molar-refractivity contribution >= 4 is 23.8 Å². The molecule has 3 aromatic carbocycles. The molecule has 1 nitrogen and oxygen atoms in total. The van der Waals surface area contributed by atoms with E-state index in [9.17, 15) is 0 Å². The molecule has 1 aliphatic rings. The molecule has 2 heteroatoms. The zero-order valence-electron chi connectivity index (χ0n) is 14.3. The average Bonchev–Trinajstić information content (AvgIpc) is 2.59. The summed E-state index contributed by atoms with van der Waals surface area (Å²) in [6, 6.07) is 26.0. The van der Waals surface area contributed by atoms with E-state index in [-0.39, 0.29) is 5.41 Å². The van der Waals surface area contributed by atoms with Gasteiger partial charge in [0.05, 0.1) is 0 Å². The summed E-state index contributed by atoms with van der Waals surface area (Å²) in [4.78, 5) is 0. The number of hydrogen-bond acceptors (Lipinski definition) is 1. The maximum atomic E-state index is 6.21. The van der Waals surface area contributed by atoms with Gasteiger partial charge in [0, 0.05) is 10.6 Å². The number of ether oxygens (including phenoxy) is 1. The van der Waals surface area contributed by atoms with Crippen LogP contribution in [0.2, 0.25) is 0 Å². The van der Waals surface area contributed by atoms with Gasteiger partial charge < -0.3 is 4.74 Å². The van der Waals surface area contributed by atoms with Gasteiger partial charge in [-0.2, -0.15) is 0 Å². The summed E-state index contributed by atoms with van der Waals surface area (Å²) in [7, 11) is -0.587. The van der Waals surface area contributed by atoms with Crippen LogP contribution in [0.5, 0.6) is 11.5 Å². The Hall–Kier alpha value is -2.11. The van der Waals surface area contributed by atoms with Gasteiger partial charge in [-0.1, -0.05) is 75.4 Å². The molecule has 0 aromatic heterocycles. The van der Waals surface area contributed by atoms with E-state index < -0.39 is 7.92 Å². The first-order valence-corrected chi connectivity index (χ1v) is 9.65. The van der Waals surface area contributed by atoms with Crippen LogP contribution in [-0.2, 0) is 5.41 Å². The number of hydrogen-bond donors (Lipinski definition) is 0. The molecule has 3 aromatic rings. The topological polar surface area (TPSA) is 9.23 Å². The smallest absolute Gasteiger partial charge is 0.135 e. The molecule has 0 bridgehead atoms. The Kier molecular flexibility index (Phi) is 3.70. The Morgan fingerprint density at radius 1 is 0.708 bits per heavy atom. The second-order valence-corrected chi connectivity index (χ2v) is 9.32. The predicted octanol–water partition coefficient (Wildman–Crippen LogP) is 4.85. The molecular weight excluding hydrogens is 311 g/mol. The maximum absolute atomic E-state index is 6.21.